The number of aliphatic hydroxyl groups excluding tert-OH is 3. The molecular formula is C44H54O12. The Hall–Kier alpha value is -3.20. The van der Waals surface area contributed by atoms with Crippen molar-refractivity contribution >= 4 is 11.9 Å². The summed E-state index contributed by atoms with van der Waals surface area (Å²) in [7, 11) is 0. The molecule has 3 bridgehead atoms. The van der Waals surface area contributed by atoms with Gasteiger partial charge in [-0.3, -0.25) is 0 Å². The zero-order chi connectivity index (χ0) is 39.4. The smallest absolute Gasteiger partial charge is 0.338 e. The van der Waals surface area contributed by atoms with Gasteiger partial charge in [0.2, 0.25) is 5.79 Å². The summed E-state index contributed by atoms with van der Waals surface area (Å²) in [5.41, 5.74) is -5.91. The fraction of sp³-hybridized carbons (Fsp3) is 0.636. The highest BCUT2D eigenvalue weighted by atomic mass is 16.8. The van der Waals surface area contributed by atoms with Gasteiger partial charge in [0.25, 0.3) is 0 Å². The highest BCUT2D eigenvalue weighted by molar-refractivity contribution is 5.90. The van der Waals surface area contributed by atoms with Crippen LogP contribution in [-0.2, 0) is 28.4 Å². The summed E-state index contributed by atoms with van der Waals surface area (Å²) in [5, 5.41) is 50.0. The Morgan fingerprint density at radius 1 is 0.875 bits per heavy atom. The molecule has 0 aromatic heterocycles. The maximum atomic E-state index is 14.3. The van der Waals surface area contributed by atoms with E-state index in [1.807, 2.05) is 13.8 Å². The number of fused-ring (bicyclic) bond motifs is 2. The second-order valence-corrected chi connectivity index (χ2v) is 17.8. The van der Waals surface area contributed by atoms with Gasteiger partial charge in [0.15, 0.2) is 0 Å². The van der Waals surface area contributed by atoms with Gasteiger partial charge in [-0.2, -0.15) is 0 Å². The number of epoxide rings is 1. The molecular weight excluding hydrogens is 720 g/mol. The predicted octanol–water partition coefficient (Wildman–Crippen LogP) is 4.12. The highest BCUT2D eigenvalue weighted by Gasteiger charge is 2.89. The number of esters is 2. The lowest BCUT2D eigenvalue weighted by Crippen LogP contribution is -2.75. The van der Waals surface area contributed by atoms with Crippen LogP contribution >= 0.6 is 0 Å². The molecule has 3 saturated carbocycles. The Morgan fingerprint density at radius 3 is 2.12 bits per heavy atom. The van der Waals surface area contributed by atoms with Crippen molar-refractivity contribution in [2.24, 2.45) is 29.6 Å². The minimum Gasteiger partial charge on any atom is -0.456 e. The van der Waals surface area contributed by atoms with Crippen molar-refractivity contribution in [3.05, 3.63) is 83.9 Å². The Kier molecular flexibility index (Phi) is 9.19. The molecule has 302 valence electrons. The Balaban J connectivity index is 1.31. The molecule has 2 spiro atoms. The number of benzene rings is 2. The SMILES string of the molecule is C=C(C)[C@]12C[C@@H](OC(=O)c3ccccc3)[C@@]34OCC5(OC1[C@@H]3C1O[C@]1(CO)[C@@H](O)[C@@]1(O)[C@H]4[C@H]([C@H](C)[C@@H]1OC(=O)c1ccccc1)[C@H](C)CCCCCC[C@H]5O)O2. The summed E-state index contributed by atoms with van der Waals surface area (Å²) in [5.74, 6) is -6.10. The number of carbonyl (C=O) groups excluding carboxylic acids is 2. The fourth-order valence-corrected chi connectivity index (χ4v) is 12.3. The molecule has 9 rings (SSSR count). The third-order valence-electron chi connectivity index (χ3n) is 14.9. The molecule has 3 aliphatic carbocycles. The average Bonchev–Trinajstić information content (AvgIpc) is 3.80. The molecule has 2 aromatic carbocycles. The Morgan fingerprint density at radius 2 is 1.50 bits per heavy atom. The van der Waals surface area contributed by atoms with Gasteiger partial charge in [-0.15, -0.1) is 0 Å². The molecule has 0 radical (unpaired) electrons. The normalized spacial score (nSPS) is 47.5. The minimum absolute atomic E-state index is 0.0119. The molecule has 0 amide bonds. The van der Waals surface area contributed by atoms with Gasteiger partial charge in [0.05, 0.1) is 23.7 Å². The van der Waals surface area contributed by atoms with E-state index in [-0.39, 0.29) is 24.5 Å². The lowest BCUT2D eigenvalue weighted by Gasteiger charge is -2.60. The summed E-state index contributed by atoms with van der Waals surface area (Å²) in [6.45, 7) is 9.26. The van der Waals surface area contributed by atoms with E-state index in [9.17, 15) is 30.0 Å². The molecule has 4 heterocycles. The number of aliphatic hydroxyl groups is 4. The van der Waals surface area contributed by atoms with Gasteiger partial charge in [0, 0.05) is 12.3 Å². The summed E-state index contributed by atoms with van der Waals surface area (Å²) < 4.78 is 40.9. The second-order valence-electron chi connectivity index (χ2n) is 17.8. The standard InChI is InChI=1S/C44H54O12/c1-24(2)40-21-30(52-37(47)27-16-10-7-11-17-27)44-32-35(40)55-42(56-40,23-51-44)29(46)20-14-6-5-9-15-25(3)31-26(4)34(53-38(48)28-18-12-8-13-19-28)43(50,33(31)44)39(49)41(22-45)36(32)54-41/h7-8,10-13,16-19,25-26,29-36,39,45-46,49-50H,1,5-6,9,14-15,20-23H2,2-4H3/t25-,26+,29-,30-,31+,32-,33-,34+,35?,36?,39-,40-,41+,42?,43-,44-/m1/s1. The van der Waals surface area contributed by atoms with Gasteiger partial charge < -0.3 is 48.8 Å². The molecule has 4 aliphatic heterocycles. The molecule has 16 atom stereocenters. The van der Waals surface area contributed by atoms with Crippen LogP contribution in [0.15, 0.2) is 72.8 Å². The van der Waals surface area contributed by atoms with Crippen LogP contribution in [0.1, 0.15) is 86.4 Å². The van der Waals surface area contributed by atoms with Crippen LogP contribution in [-0.4, -0.2) is 110 Å². The quantitative estimate of drug-likeness (QED) is 0.188. The van der Waals surface area contributed by atoms with Crippen LogP contribution in [0.4, 0.5) is 0 Å². The van der Waals surface area contributed by atoms with E-state index in [1.165, 1.54) is 0 Å². The molecule has 4 saturated heterocycles. The van der Waals surface area contributed by atoms with Crippen LogP contribution < -0.4 is 0 Å². The average molecular weight is 775 g/mol. The molecule has 12 heteroatoms. The van der Waals surface area contributed by atoms with E-state index < -0.39 is 107 Å². The van der Waals surface area contributed by atoms with E-state index >= 15 is 0 Å². The van der Waals surface area contributed by atoms with Gasteiger partial charge in [-0.05, 0) is 60.9 Å². The van der Waals surface area contributed by atoms with Gasteiger partial charge in [-0.1, -0.05) is 88.9 Å². The first-order valence-corrected chi connectivity index (χ1v) is 20.4. The molecule has 3 unspecified atom stereocenters. The van der Waals surface area contributed by atoms with E-state index in [0.717, 1.165) is 32.1 Å². The van der Waals surface area contributed by atoms with Gasteiger partial charge >= 0.3 is 11.9 Å². The van der Waals surface area contributed by atoms with E-state index in [1.54, 1.807) is 60.7 Å². The number of hydrogen-bond donors (Lipinski definition) is 4. The van der Waals surface area contributed by atoms with Crippen LogP contribution in [0, 0.1) is 29.6 Å². The fourth-order valence-electron chi connectivity index (χ4n) is 12.3. The van der Waals surface area contributed by atoms with Crippen LogP contribution in [0.2, 0.25) is 0 Å². The third-order valence-corrected chi connectivity index (χ3v) is 14.9. The van der Waals surface area contributed by atoms with Crippen LogP contribution in [0.25, 0.3) is 0 Å². The van der Waals surface area contributed by atoms with Crippen molar-refractivity contribution in [1.29, 1.82) is 0 Å². The summed E-state index contributed by atoms with van der Waals surface area (Å²) in [6.07, 6.45) is -2.81. The third kappa shape index (κ3) is 5.12. The highest BCUT2D eigenvalue weighted by Crippen LogP contribution is 2.73. The van der Waals surface area contributed by atoms with Gasteiger partial charge in [-0.25, -0.2) is 9.59 Å². The summed E-state index contributed by atoms with van der Waals surface area (Å²) in [4.78, 5) is 28.3. The van der Waals surface area contributed by atoms with Gasteiger partial charge in [0.1, 0.15) is 65.6 Å². The Labute approximate surface area is 327 Å². The molecule has 4 N–H and O–H groups in total. The molecule has 2 aromatic rings. The topological polar surface area (TPSA) is 174 Å². The molecule has 12 nitrogen and oxygen atoms in total. The van der Waals surface area contributed by atoms with E-state index in [2.05, 4.69) is 13.5 Å². The lowest BCUT2D eigenvalue weighted by atomic mass is 9.54. The largest absolute Gasteiger partial charge is 0.456 e. The van der Waals surface area contributed by atoms with Crippen molar-refractivity contribution in [3.8, 4) is 0 Å². The van der Waals surface area contributed by atoms with Crippen molar-refractivity contribution < 1.29 is 58.4 Å². The number of hydrogen-bond acceptors (Lipinski definition) is 12. The van der Waals surface area contributed by atoms with Crippen molar-refractivity contribution in [2.75, 3.05) is 13.2 Å². The summed E-state index contributed by atoms with van der Waals surface area (Å²) in [6, 6.07) is 17.1. The monoisotopic (exact) mass is 774 g/mol. The first-order chi connectivity index (χ1) is 26.8. The van der Waals surface area contributed by atoms with E-state index in [0.29, 0.717) is 17.6 Å². The second kappa shape index (κ2) is 13.4. The first kappa shape index (κ1) is 38.3. The maximum Gasteiger partial charge on any atom is 0.338 e. The van der Waals surface area contributed by atoms with Crippen LogP contribution in [0.3, 0.4) is 0 Å². The van der Waals surface area contributed by atoms with E-state index in [4.69, 9.17) is 28.4 Å². The predicted molar refractivity (Wildman–Crippen MR) is 199 cm³/mol. The van der Waals surface area contributed by atoms with Crippen LogP contribution in [0.5, 0.6) is 0 Å². The first-order valence-electron chi connectivity index (χ1n) is 20.4. The van der Waals surface area contributed by atoms with Crippen molar-refractivity contribution in [2.45, 2.75) is 131 Å². The van der Waals surface area contributed by atoms with Crippen molar-refractivity contribution in [3.63, 3.8) is 0 Å². The Bertz CT molecular complexity index is 1860. The zero-order valence-electron chi connectivity index (χ0n) is 32.3. The molecule has 56 heavy (non-hydrogen) atoms. The number of ether oxygens (including phenoxy) is 6. The zero-order valence-corrected chi connectivity index (χ0v) is 32.3. The minimum atomic E-state index is -2.30. The van der Waals surface area contributed by atoms with Crippen molar-refractivity contribution in [1.82, 2.24) is 0 Å². The number of carbonyl (C=O) groups is 2. The number of rotatable bonds is 6. The molecule has 7 aliphatic rings. The summed E-state index contributed by atoms with van der Waals surface area (Å²) >= 11 is 0. The molecule has 7 fully saturated rings. The lowest BCUT2D eigenvalue weighted by molar-refractivity contribution is -0.326. The maximum absolute atomic E-state index is 14.3.